The van der Waals surface area contributed by atoms with Gasteiger partial charge in [-0.2, -0.15) is 0 Å². The molecule has 0 atom stereocenters. The number of amides is 2. The molecule has 144 valence electrons. The third kappa shape index (κ3) is 4.44. The number of thiophene rings is 1. The Morgan fingerprint density at radius 1 is 0.929 bits per heavy atom. The van der Waals surface area contributed by atoms with Gasteiger partial charge in [-0.3, -0.25) is 9.59 Å². The zero-order valence-electron chi connectivity index (χ0n) is 15.1. The Bertz CT molecular complexity index is 988. The molecule has 2 N–H and O–H groups in total. The quantitative estimate of drug-likeness (QED) is 0.597. The van der Waals surface area contributed by atoms with Crippen LogP contribution in [0.5, 0.6) is 11.5 Å². The van der Waals surface area contributed by atoms with E-state index in [-0.39, 0.29) is 11.8 Å². The monoisotopic (exact) mass is 416 g/mol. The van der Waals surface area contributed by atoms with Gasteiger partial charge in [0.25, 0.3) is 11.8 Å². The molecule has 1 heterocycles. The fraction of sp³-hybridized carbons (Fsp3) is 0.100. The molecule has 0 aliphatic heterocycles. The normalized spacial score (nSPS) is 10.2. The van der Waals surface area contributed by atoms with Crippen molar-refractivity contribution < 1.29 is 19.1 Å². The number of benzene rings is 2. The molecule has 0 aliphatic rings. The summed E-state index contributed by atoms with van der Waals surface area (Å²) in [5, 5.41) is 7.78. The Kier molecular flexibility index (Phi) is 6.18. The van der Waals surface area contributed by atoms with Crippen LogP contribution >= 0.6 is 22.9 Å². The van der Waals surface area contributed by atoms with E-state index in [0.29, 0.717) is 38.3 Å². The highest BCUT2D eigenvalue weighted by molar-refractivity contribution is 7.12. The molecule has 2 aromatic carbocycles. The molecule has 1 aromatic heterocycles. The van der Waals surface area contributed by atoms with Crippen molar-refractivity contribution in [3.05, 3.63) is 69.4 Å². The number of carbonyl (C=O) groups excluding carboxylic acids is 2. The maximum Gasteiger partial charge on any atom is 0.265 e. The van der Waals surface area contributed by atoms with E-state index in [1.807, 2.05) is 11.4 Å². The van der Waals surface area contributed by atoms with Crippen LogP contribution in [0.1, 0.15) is 20.0 Å². The lowest BCUT2D eigenvalue weighted by Crippen LogP contribution is -2.13. The first-order valence-electron chi connectivity index (χ1n) is 8.19. The molecule has 0 unspecified atom stereocenters. The zero-order valence-corrected chi connectivity index (χ0v) is 16.7. The molecule has 3 aromatic rings. The number of halogens is 1. The summed E-state index contributed by atoms with van der Waals surface area (Å²) in [5.41, 5.74) is 1.45. The van der Waals surface area contributed by atoms with Crippen LogP contribution in [0.15, 0.2) is 53.9 Å². The van der Waals surface area contributed by atoms with Crippen molar-refractivity contribution in [1.82, 2.24) is 0 Å². The van der Waals surface area contributed by atoms with E-state index in [0.717, 1.165) is 0 Å². The number of methoxy groups -OCH3 is 2. The van der Waals surface area contributed by atoms with Gasteiger partial charge in [-0.05, 0) is 35.7 Å². The summed E-state index contributed by atoms with van der Waals surface area (Å²) >= 11 is 7.44. The molecular formula is C20H17ClN2O4S. The van der Waals surface area contributed by atoms with Gasteiger partial charge in [0, 0.05) is 23.4 Å². The second-order valence-electron chi connectivity index (χ2n) is 5.65. The molecule has 0 saturated heterocycles. The van der Waals surface area contributed by atoms with Gasteiger partial charge in [-0.15, -0.1) is 11.3 Å². The lowest BCUT2D eigenvalue weighted by atomic mass is 10.1. The Morgan fingerprint density at radius 2 is 1.64 bits per heavy atom. The second kappa shape index (κ2) is 8.77. The molecule has 0 aliphatic carbocycles. The third-order valence-corrected chi connectivity index (χ3v) is 5.04. The summed E-state index contributed by atoms with van der Waals surface area (Å²) in [6.07, 6.45) is 0. The van der Waals surface area contributed by atoms with E-state index >= 15 is 0 Å². The Morgan fingerprint density at radius 3 is 2.25 bits per heavy atom. The van der Waals surface area contributed by atoms with Crippen molar-refractivity contribution >= 4 is 46.1 Å². The molecule has 0 saturated carbocycles. The molecule has 0 fully saturated rings. The maximum atomic E-state index is 12.6. The molecule has 0 bridgehead atoms. The van der Waals surface area contributed by atoms with Crippen LogP contribution in [0.3, 0.4) is 0 Å². The second-order valence-corrected chi connectivity index (χ2v) is 7.00. The predicted octanol–water partition coefficient (Wildman–Crippen LogP) is 4.92. The van der Waals surface area contributed by atoms with Crippen molar-refractivity contribution in [3.63, 3.8) is 0 Å². The van der Waals surface area contributed by atoms with Gasteiger partial charge in [0.2, 0.25) is 0 Å². The van der Waals surface area contributed by atoms with Crippen LogP contribution in [0.4, 0.5) is 11.4 Å². The van der Waals surface area contributed by atoms with E-state index in [4.69, 9.17) is 21.1 Å². The highest BCUT2D eigenvalue weighted by Gasteiger charge is 2.14. The van der Waals surface area contributed by atoms with Crippen LogP contribution in [0.25, 0.3) is 0 Å². The van der Waals surface area contributed by atoms with E-state index in [9.17, 15) is 9.59 Å². The van der Waals surface area contributed by atoms with E-state index in [1.165, 1.54) is 25.6 Å². The fourth-order valence-corrected chi connectivity index (χ4v) is 3.31. The van der Waals surface area contributed by atoms with Gasteiger partial charge in [0.15, 0.2) is 0 Å². The predicted molar refractivity (Wildman–Crippen MR) is 111 cm³/mol. The van der Waals surface area contributed by atoms with Crippen LogP contribution in [0, 0.1) is 0 Å². The highest BCUT2D eigenvalue weighted by Crippen LogP contribution is 2.36. The smallest absolute Gasteiger partial charge is 0.265 e. The Labute approximate surface area is 171 Å². The standard InChI is InChI=1S/C20H17ClN2O4S/c1-26-16-11-15(17(27-2)10-14(16)21)23-19(24)12-5-7-13(8-6-12)22-20(25)18-4-3-9-28-18/h3-11H,1-2H3,(H,22,25)(H,23,24). The summed E-state index contributed by atoms with van der Waals surface area (Å²) in [6.45, 7) is 0. The molecule has 28 heavy (non-hydrogen) atoms. The van der Waals surface area contributed by atoms with Gasteiger partial charge in [-0.1, -0.05) is 17.7 Å². The molecule has 3 rings (SSSR count). The zero-order chi connectivity index (χ0) is 20.1. The molecule has 8 heteroatoms. The summed E-state index contributed by atoms with van der Waals surface area (Å²) in [7, 11) is 2.97. The van der Waals surface area contributed by atoms with Gasteiger partial charge >= 0.3 is 0 Å². The highest BCUT2D eigenvalue weighted by atomic mass is 35.5. The number of hydrogen-bond donors (Lipinski definition) is 2. The van der Waals surface area contributed by atoms with Gasteiger partial charge in [0.1, 0.15) is 11.5 Å². The summed E-state index contributed by atoms with van der Waals surface area (Å²) in [4.78, 5) is 25.3. The number of anilines is 2. The minimum atomic E-state index is -0.334. The van der Waals surface area contributed by atoms with Crippen LogP contribution in [-0.2, 0) is 0 Å². The first kappa shape index (κ1) is 19.7. The SMILES string of the molecule is COc1cc(NC(=O)c2ccc(NC(=O)c3cccs3)cc2)c(OC)cc1Cl. The minimum Gasteiger partial charge on any atom is -0.495 e. The largest absolute Gasteiger partial charge is 0.495 e. The van der Waals surface area contributed by atoms with Crippen molar-refractivity contribution in [3.8, 4) is 11.5 Å². The maximum absolute atomic E-state index is 12.6. The van der Waals surface area contributed by atoms with Crippen molar-refractivity contribution in [1.29, 1.82) is 0 Å². The molecule has 6 nitrogen and oxygen atoms in total. The molecule has 0 spiro atoms. The van der Waals surface area contributed by atoms with Crippen LogP contribution in [-0.4, -0.2) is 26.0 Å². The summed E-state index contributed by atoms with van der Waals surface area (Å²) < 4.78 is 10.4. The lowest BCUT2D eigenvalue weighted by Gasteiger charge is -2.13. The van der Waals surface area contributed by atoms with Gasteiger partial charge in [-0.25, -0.2) is 0 Å². The lowest BCUT2D eigenvalue weighted by molar-refractivity contribution is 0.102. The number of carbonyl (C=O) groups is 2. The third-order valence-electron chi connectivity index (χ3n) is 3.87. The average molecular weight is 417 g/mol. The van der Waals surface area contributed by atoms with Crippen LogP contribution < -0.4 is 20.1 Å². The Balaban J connectivity index is 1.72. The first-order chi connectivity index (χ1) is 13.5. The van der Waals surface area contributed by atoms with E-state index < -0.39 is 0 Å². The van der Waals surface area contributed by atoms with Crippen molar-refractivity contribution in [2.45, 2.75) is 0 Å². The van der Waals surface area contributed by atoms with Gasteiger partial charge < -0.3 is 20.1 Å². The number of hydrogen-bond acceptors (Lipinski definition) is 5. The number of rotatable bonds is 6. The van der Waals surface area contributed by atoms with Crippen molar-refractivity contribution in [2.24, 2.45) is 0 Å². The minimum absolute atomic E-state index is 0.190. The molecular weight excluding hydrogens is 400 g/mol. The topological polar surface area (TPSA) is 76.7 Å². The summed E-state index contributed by atoms with van der Waals surface area (Å²) in [5.74, 6) is 0.312. The van der Waals surface area contributed by atoms with Crippen LogP contribution in [0.2, 0.25) is 5.02 Å². The Hall–Kier alpha value is -3.03. The van der Waals surface area contributed by atoms with Crippen molar-refractivity contribution in [2.75, 3.05) is 24.9 Å². The first-order valence-corrected chi connectivity index (χ1v) is 9.45. The number of ether oxygens (including phenoxy) is 2. The fourth-order valence-electron chi connectivity index (χ4n) is 2.46. The van der Waals surface area contributed by atoms with E-state index in [1.54, 1.807) is 42.5 Å². The summed E-state index contributed by atoms with van der Waals surface area (Å²) in [6, 6.07) is 13.3. The van der Waals surface area contributed by atoms with Gasteiger partial charge in [0.05, 0.1) is 29.8 Å². The average Bonchev–Trinajstić information content (AvgIpc) is 3.24. The molecule has 0 radical (unpaired) electrons. The molecule has 2 amide bonds. The number of nitrogens with one attached hydrogen (secondary N) is 2. The van der Waals surface area contributed by atoms with E-state index in [2.05, 4.69) is 10.6 Å².